The van der Waals surface area contributed by atoms with Gasteiger partial charge in [0, 0.05) is 24.7 Å². The molecule has 1 aromatic carbocycles. The van der Waals surface area contributed by atoms with Crippen molar-refractivity contribution in [3.05, 3.63) is 29.8 Å². The van der Waals surface area contributed by atoms with Crippen molar-refractivity contribution in [2.45, 2.75) is 18.9 Å². The van der Waals surface area contributed by atoms with Crippen LogP contribution in [0.2, 0.25) is 0 Å². The summed E-state index contributed by atoms with van der Waals surface area (Å²) in [5, 5.41) is 12.9. The highest BCUT2D eigenvalue weighted by Crippen LogP contribution is 2.26. The van der Waals surface area contributed by atoms with Gasteiger partial charge in [-0.3, -0.25) is 4.79 Å². The Morgan fingerprint density at radius 1 is 1.39 bits per heavy atom. The molecule has 2 heterocycles. The summed E-state index contributed by atoms with van der Waals surface area (Å²) in [7, 11) is 0. The molecule has 2 saturated heterocycles. The Morgan fingerprint density at radius 2 is 2.28 bits per heavy atom. The van der Waals surface area contributed by atoms with E-state index in [0.29, 0.717) is 17.5 Å². The molecule has 18 heavy (non-hydrogen) atoms. The number of amides is 1. The predicted molar refractivity (Wildman–Crippen MR) is 68.5 cm³/mol. The lowest BCUT2D eigenvalue weighted by Gasteiger charge is -2.24. The van der Waals surface area contributed by atoms with E-state index in [1.54, 1.807) is 18.2 Å². The molecule has 4 heteroatoms. The first-order valence-corrected chi connectivity index (χ1v) is 6.56. The number of hydrogen-bond acceptors (Lipinski definition) is 3. The Balaban J connectivity index is 1.74. The first kappa shape index (κ1) is 11.5. The zero-order chi connectivity index (χ0) is 12.5. The molecule has 0 saturated carbocycles. The van der Waals surface area contributed by atoms with E-state index < -0.39 is 0 Å². The molecule has 2 fully saturated rings. The normalized spacial score (nSPS) is 27.0. The maximum absolute atomic E-state index is 12.3. The SMILES string of the molecule is O=C(c1cccc(O)c1)N1C[C@@H]2CCCN[C@@H]2C1. The van der Waals surface area contributed by atoms with Crippen LogP contribution in [0, 0.1) is 5.92 Å². The molecule has 2 atom stereocenters. The van der Waals surface area contributed by atoms with E-state index in [9.17, 15) is 9.90 Å². The highest BCUT2D eigenvalue weighted by molar-refractivity contribution is 5.94. The summed E-state index contributed by atoms with van der Waals surface area (Å²) in [6.07, 6.45) is 2.41. The molecule has 0 unspecified atom stereocenters. The molecule has 4 nitrogen and oxygen atoms in total. The monoisotopic (exact) mass is 246 g/mol. The molecule has 3 rings (SSSR count). The van der Waals surface area contributed by atoms with Gasteiger partial charge in [0.25, 0.3) is 5.91 Å². The topological polar surface area (TPSA) is 52.6 Å². The molecular weight excluding hydrogens is 228 g/mol. The Morgan fingerprint density at radius 3 is 3.06 bits per heavy atom. The summed E-state index contributed by atoms with van der Waals surface area (Å²) < 4.78 is 0. The number of piperidine rings is 1. The van der Waals surface area contributed by atoms with Crippen LogP contribution in [0.15, 0.2) is 24.3 Å². The van der Waals surface area contributed by atoms with Gasteiger partial charge in [-0.2, -0.15) is 0 Å². The van der Waals surface area contributed by atoms with Crippen molar-refractivity contribution in [1.29, 1.82) is 0 Å². The second-order valence-corrected chi connectivity index (χ2v) is 5.22. The van der Waals surface area contributed by atoms with Crippen molar-refractivity contribution >= 4 is 5.91 Å². The zero-order valence-electron chi connectivity index (χ0n) is 10.3. The minimum atomic E-state index is 0.0297. The first-order valence-electron chi connectivity index (χ1n) is 6.56. The molecule has 1 aromatic rings. The molecule has 0 aromatic heterocycles. The van der Waals surface area contributed by atoms with Crippen molar-refractivity contribution in [1.82, 2.24) is 10.2 Å². The van der Waals surface area contributed by atoms with Crippen molar-refractivity contribution in [2.75, 3.05) is 19.6 Å². The number of rotatable bonds is 1. The molecule has 2 aliphatic heterocycles. The van der Waals surface area contributed by atoms with Gasteiger partial charge in [0.05, 0.1) is 0 Å². The highest BCUT2D eigenvalue weighted by Gasteiger charge is 2.36. The van der Waals surface area contributed by atoms with E-state index in [4.69, 9.17) is 0 Å². The van der Waals surface area contributed by atoms with Gasteiger partial charge >= 0.3 is 0 Å². The molecule has 2 N–H and O–H groups in total. The number of carbonyl (C=O) groups is 1. The fourth-order valence-corrected chi connectivity index (χ4v) is 3.03. The Labute approximate surface area is 107 Å². The van der Waals surface area contributed by atoms with Crippen molar-refractivity contribution in [2.24, 2.45) is 5.92 Å². The lowest BCUT2D eigenvalue weighted by Crippen LogP contribution is -2.41. The van der Waals surface area contributed by atoms with Gasteiger partial charge in [-0.1, -0.05) is 6.07 Å². The van der Waals surface area contributed by atoms with Crippen LogP contribution in [0.5, 0.6) is 5.75 Å². The first-order chi connectivity index (χ1) is 8.74. The largest absolute Gasteiger partial charge is 0.508 e. The number of fused-ring (bicyclic) bond motifs is 1. The lowest BCUT2D eigenvalue weighted by atomic mass is 9.94. The van der Waals surface area contributed by atoms with Crippen molar-refractivity contribution in [3.63, 3.8) is 0 Å². The van der Waals surface area contributed by atoms with Crippen LogP contribution in [-0.4, -0.2) is 41.6 Å². The number of phenolic OH excluding ortho intramolecular Hbond substituents is 1. The second-order valence-electron chi connectivity index (χ2n) is 5.22. The number of nitrogens with one attached hydrogen (secondary N) is 1. The molecule has 0 radical (unpaired) electrons. The maximum atomic E-state index is 12.3. The van der Waals surface area contributed by atoms with Gasteiger partial charge < -0.3 is 15.3 Å². The predicted octanol–water partition coefficient (Wildman–Crippen LogP) is 1.22. The summed E-state index contributed by atoms with van der Waals surface area (Å²) in [5.41, 5.74) is 0.577. The molecule has 0 spiro atoms. The van der Waals surface area contributed by atoms with Crippen LogP contribution >= 0.6 is 0 Å². The molecule has 0 bridgehead atoms. The minimum Gasteiger partial charge on any atom is -0.508 e. The summed E-state index contributed by atoms with van der Waals surface area (Å²) >= 11 is 0. The van der Waals surface area contributed by atoms with E-state index in [1.807, 2.05) is 4.90 Å². The lowest BCUT2D eigenvalue weighted by molar-refractivity contribution is 0.0785. The fourth-order valence-electron chi connectivity index (χ4n) is 3.03. The summed E-state index contributed by atoms with van der Waals surface area (Å²) in [4.78, 5) is 14.2. The summed E-state index contributed by atoms with van der Waals surface area (Å²) in [5.74, 6) is 0.776. The van der Waals surface area contributed by atoms with Crippen LogP contribution < -0.4 is 5.32 Å². The van der Waals surface area contributed by atoms with Gasteiger partial charge in [0.2, 0.25) is 0 Å². The average molecular weight is 246 g/mol. The molecule has 0 aliphatic carbocycles. The molecule has 2 aliphatic rings. The third-order valence-electron chi connectivity index (χ3n) is 3.98. The smallest absolute Gasteiger partial charge is 0.254 e. The van der Waals surface area contributed by atoms with Crippen LogP contribution in [-0.2, 0) is 0 Å². The van der Waals surface area contributed by atoms with Gasteiger partial charge in [-0.25, -0.2) is 0 Å². The Bertz CT molecular complexity index is 447. The van der Waals surface area contributed by atoms with E-state index in [1.165, 1.54) is 18.9 Å². The number of aromatic hydroxyl groups is 1. The average Bonchev–Trinajstić information content (AvgIpc) is 2.81. The number of phenols is 1. The van der Waals surface area contributed by atoms with Gasteiger partial charge in [0.1, 0.15) is 5.75 Å². The van der Waals surface area contributed by atoms with E-state index in [0.717, 1.165) is 19.6 Å². The quantitative estimate of drug-likeness (QED) is 0.783. The highest BCUT2D eigenvalue weighted by atomic mass is 16.3. The third kappa shape index (κ3) is 2.08. The Hall–Kier alpha value is -1.55. The van der Waals surface area contributed by atoms with Crippen molar-refractivity contribution in [3.8, 4) is 5.75 Å². The fraction of sp³-hybridized carbons (Fsp3) is 0.500. The standard InChI is InChI=1S/C14H18N2O2/c17-12-5-1-3-10(7-12)14(18)16-8-11-4-2-6-15-13(11)9-16/h1,3,5,7,11,13,15,17H,2,4,6,8-9H2/t11-,13+/m0/s1. The van der Waals surface area contributed by atoms with Crippen LogP contribution in [0.4, 0.5) is 0 Å². The van der Waals surface area contributed by atoms with E-state index >= 15 is 0 Å². The van der Waals surface area contributed by atoms with E-state index in [-0.39, 0.29) is 11.7 Å². The zero-order valence-corrected chi connectivity index (χ0v) is 10.3. The summed E-state index contributed by atoms with van der Waals surface area (Å²) in [6, 6.07) is 7.06. The summed E-state index contributed by atoms with van der Waals surface area (Å²) in [6.45, 7) is 2.70. The molecule has 96 valence electrons. The Kier molecular flexibility index (Phi) is 2.96. The van der Waals surface area contributed by atoms with Crippen LogP contribution in [0.3, 0.4) is 0 Å². The number of nitrogens with zero attached hydrogens (tertiary/aromatic N) is 1. The van der Waals surface area contributed by atoms with Gasteiger partial charge in [0.15, 0.2) is 0 Å². The van der Waals surface area contributed by atoms with Crippen molar-refractivity contribution < 1.29 is 9.90 Å². The van der Waals surface area contributed by atoms with Gasteiger partial charge in [-0.05, 0) is 43.5 Å². The number of benzene rings is 1. The second kappa shape index (κ2) is 4.61. The minimum absolute atomic E-state index is 0.0297. The van der Waals surface area contributed by atoms with Crippen LogP contribution in [0.1, 0.15) is 23.2 Å². The number of carbonyl (C=O) groups excluding carboxylic acids is 1. The number of likely N-dealkylation sites (tertiary alicyclic amines) is 1. The van der Waals surface area contributed by atoms with Crippen LogP contribution in [0.25, 0.3) is 0 Å². The number of hydrogen-bond donors (Lipinski definition) is 2. The molecule has 1 amide bonds. The van der Waals surface area contributed by atoms with Gasteiger partial charge in [-0.15, -0.1) is 0 Å². The molecular formula is C14H18N2O2. The third-order valence-corrected chi connectivity index (χ3v) is 3.98. The van der Waals surface area contributed by atoms with E-state index in [2.05, 4.69) is 5.32 Å². The maximum Gasteiger partial charge on any atom is 0.254 e.